The van der Waals surface area contributed by atoms with Gasteiger partial charge in [0.1, 0.15) is 5.75 Å². The highest BCUT2D eigenvalue weighted by Crippen LogP contribution is 2.33. The molecule has 0 radical (unpaired) electrons. The molecule has 3 heteroatoms. The minimum absolute atomic E-state index is 0.843. The number of hydrogen-bond acceptors (Lipinski definition) is 2. The fourth-order valence-corrected chi connectivity index (χ4v) is 2.32. The van der Waals surface area contributed by atoms with Crippen LogP contribution in [0.25, 0.3) is 0 Å². The van der Waals surface area contributed by atoms with Gasteiger partial charge in [0.15, 0.2) is 0 Å². The second-order valence-electron chi connectivity index (χ2n) is 4.63. The van der Waals surface area contributed by atoms with Crippen molar-refractivity contribution < 1.29 is 4.74 Å². The van der Waals surface area contributed by atoms with E-state index in [0.29, 0.717) is 0 Å². The van der Waals surface area contributed by atoms with Crippen molar-refractivity contribution in [3.8, 4) is 5.75 Å². The molecule has 0 spiro atoms. The van der Waals surface area contributed by atoms with Gasteiger partial charge in [-0.2, -0.15) is 0 Å². The van der Waals surface area contributed by atoms with Crippen LogP contribution in [0.3, 0.4) is 0 Å². The molecule has 0 heterocycles. The first-order valence-electron chi connectivity index (χ1n) is 6.41. The van der Waals surface area contributed by atoms with Gasteiger partial charge in [0.05, 0.1) is 11.1 Å². The van der Waals surface area contributed by atoms with Gasteiger partial charge >= 0.3 is 0 Å². The van der Waals surface area contributed by atoms with Crippen LogP contribution in [0, 0.1) is 5.92 Å². The maximum Gasteiger partial charge on any atom is 0.133 e. The normalized spacial score (nSPS) is 14.9. The van der Waals surface area contributed by atoms with Crippen molar-refractivity contribution in [3.63, 3.8) is 0 Å². The number of benzene rings is 1. The second kappa shape index (κ2) is 6.41. The molecule has 1 aromatic rings. The first kappa shape index (κ1) is 12.9. The zero-order valence-electron chi connectivity index (χ0n) is 10.3. The largest absolute Gasteiger partial charge is 0.492 e. The third-order valence-electron chi connectivity index (χ3n) is 3.06. The third-order valence-corrected chi connectivity index (χ3v) is 3.68. The van der Waals surface area contributed by atoms with Gasteiger partial charge in [-0.3, -0.25) is 0 Å². The zero-order valence-corrected chi connectivity index (χ0v) is 11.9. The Bertz CT molecular complexity index is 363. The predicted molar refractivity (Wildman–Crippen MR) is 74.4 cm³/mol. The molecule has 0 aliphatic heterocycles. The molecular formula is C14H20BrNO. The van der Waals surface area contributed by atoms with Gasteiger partial charge in [0.2, 0.25) is 0 Å². The number of ether oxygens (including phenoxy) is 1. The van der Waals surface area contributed by atoms with E-state index in [1.54, 1.807) is 0 Å². The van der Waals surface area contributed by atoms with Crippen LogP contribution in [0.15, 0.2) is 22.7 Å². The van der Waals surface area contributed by atoms with Crippen LogP contribution in [0.1, 0.15) is 31.7 Å². The molecule has 0 atom stereocenters. The van der Waals surface area contributed by atoms with Gasteiger partial charge in [0, 0.05) is 6.54 Å². The van der Waals surface area contributed by atoms with E-state index in [2.05, 4.69) is 46.4 Å². The molecule has 1 aliphatic carbocycles. The van der Waals surface area contributed by atoms with E-state index in [-0.39, 0.29) is 0 Å². The Hall–Kier alpha value is -0.540. The molecule has 0 unspecified atom stereocenters. The minimum Gasteiger partial charge on any atom is -0.492 e. The van der Waals surface area contributed by atoms with Gasteiger partial charge in [-0.1, -0.05) is 25.8 Å². The van der Waals surface area contributed by atoms with Crippen LogP contribution in [-0.2, 0) is 6.54 Å². The maximum atomic E-state index is 5.78. The summed E-state index contributed by atoms with van der Waals surface area (Å²) in [5.41, 5.74) is 1.29. The molecule has 1 aliphatic rings. The lowest BCUT2D eigenvalue weighted by atomic mass is 10.2. The monoisotopic (exact) mass is 297 g/mol. The van der Waals surface area contributed by atoms with E-state index in [1.807, 2.05) is 0 Å². The summed E-state index contributed by atoms with van der Waals surface area (Å²) in [7, 11) is 0. The molecule has 17 heavy (non-hydrogen) atoms. The Balaban J connectivity index is 1.83. The molecule has 1 N–H and O–H groups in total. The van der Waals surface area contributed by atoms with Crippen LogP contribution in [0.2, 0.25) is 0 Å². The average molecular weight is 298 g/mol. The molecule has 94 valence electrons. The first-order valence-corrected chi connectivity index (χ1v) is 7.21. The highest BCUT2D eigenvalue weighted by molar-refractivity contribution is 9.10. The molecule has 2 nitrogen and oxygen atoms in total. The Morgan fingerprint density at radius 3 is 2.88 bits per heavy atom. The summed E-state index contributed by atoms with van der Waals surface area (Å²) >= 11 is 3.57. The van der Waals surface area contributed by atoms with Crippen molar-refractivity contribution in [1.82, 2.24) is 5.32 Å². The summed E-state index contributed by atoms with van der Waals surface area (Å²) in [4.78, 5) is 0. The van der Waals surface area contributed by atoms with Gasteiger partial charge in [-0.25, -0.2) is 0 Å². The second-order valence-corrected chi connectivity index (χ2v) is 5.48. The summed E-state index contributed by atoms with van der Waals surface area (Å²) < 4.78 is 6.84. The number of hydrogen-bond donors (Lipinski definition) is 1. The molecule has 0 amide bonds. The predicted octanol–water partition coefficient (Wildman–Crippen LogP) is 3.74. The lowest BCUT2D eigenvalue weighted by Crippen LogP contribution is -2.11. The van der Waals surface area contributed by atoms with Crippen molar-refractivity contribution in [2.45, 2.75) is 32.7 Å². The molecule has 0 bridgehead atoms. The Morgan fingerprint density at radius 2 is 2.24 bits per heavy atom. The Morgan fingerprint density at radius 1 is 1.41 bits per heavy atom. The fourth-order valence-electron chi connectivity index (χ4n) is 1.78. The summed E-state index contributed by atoms with van der Waals surface area (Å²) in [5.74, 6) is 1.90. The molecular weight excluding hydrogens is 278 g/mol. The van der Waals surface area contributed by atoms with E-state index in [0.717, 1.165) is 35.8 Å². The molecule has 0 saturated heterocycles. The molecule has 1 saturated carbocycles. The highest BCUT2D eigenvalue weighted by atomic mass is 79.9. The van der Waals surface area contributed by atoms with Crippen molar-refractivity contribution in [2.24, 2.45) is 5.92 Å². The lowest BCUT2D eigenvalue weighted by Gasteiger charge is -2.09. The lowest BCUT2D eigenvalue weighted by molar-refractivity contribution is 0.300. The van der Waals surface area contributed by atoms with Crippen molar-refractivity contribution in [3.05, 3.63) is 28.2 Å². The Kier molecular flexibility index (Phi) is 4.86. The smallest absolute Gasteiger partial charge is 0.133 e. The van der Waals surface area contributed by atoms with E-state index in [1.165, 1.54) is 24.8 Å². The zero-order chi connectivity index (χ0) is 12.1. The number of halogens is 1. The van der Waals surface area contributed by atoms with Gasteiger partial charge in [-0.15, -0.1) is 0 Å². The summed E-state index contributed by atoms with van der Waals surface area (Å²) in [6.45, 7) is 4.87. The van der Waals surface area contributed by atoms with Crippen LogP contribution < -0.4 is 10.1 Å². The van der Waals surface area contributed by atoms with Gasteiger partial charge in [0.25, 0.3) is 0 Å². The summed E-state index contributed by atoms with van der Waals surface area (Å²) in [6.07, 6.45) is 3.99. The molecule has 2 rings (SSSR count). The van der Waals surface area contributed by atoms with E-state index < -0.39 is 0 Å². The fraction of sp³-hybridized carbons (Fsp3) is 0.571. The van der Waals surface area contributed by atoms with E-state index in [9.17, 15) is 0 Å². The van der Waals surface area contributed by atoms with E-state index >= 15 is 0 Å². The third kappa shape index (κ3) is 4.32. The maximum absolute atomic E-state index is 5.78. The molecule has 0 aromatic heterocycles. The Labute approximate surface area is 112 Å². The topological polar surface area (TPSA) is 21.3 Å². The van der Waals surface area contributed by atoms with Crippen molar-refractivity contribution >= 4 is 15.9 Å². The summed E-state index contributed by atoms with van der Waals surface area (Å²) in [5, 5.41) is 3.32. The molecule has 1 fully saturated rings. The standard InChI is InChI=1S/C14H20BrNO/c1-2-16-10-12-5-6-14(13(15)9-12)17-8-7-11-3-4-11/h5-6,9,11,16H,2-4,7-8,10H2,1H3. The summed E-state index contributed by atoms with van der Waals surface area (Å²) in [6, 6.07) is 6.32. The van der Waals surface area contributed by atoms with Crippen molar-refractivity contribution in [2.75, 3.05) is 13.2 Å². The average Bonchev–Trinajstić information content (AvgIpc) is 3.13. The quantitative estimate of drug-likeness (QED) is 0.828. The van der Waals surface area contributed by atoms with Crippen LogP contribution in [0.5, 0.6) is 5.75 Å². The minimum atomic E-state index is 0.843. The van der Waals surface area contributed by atoms with Crippen LogP contribution in [-0.4, -0.2) is 13.2 Å². The van der Waals surface area contributed by atoms with Crippen LogP contribution in [0.4, 0.5) is 0 Å². The van der Waals surface area contributed by atoms with Gasteiger partial charge in [-0.05, 0) is 52.5 Å². The number of nitrogens with one attached hydrogen (secondary N) is 1. The van der Waals surface area contributed by atoms with Crippen molar-refractivity contribution in [1.29, 1.82) is 0 Å². The van der Waals surface area contributed by atoms with Gasteiger partial charge < -0.3 is 10.1 Å². The molecule has 1 aromatic carbocycles. The number of rotatable bonds is 7. The highest BCUT2D eigenvalue weighted by Gasteiger charge is 2.20. The van der Waals surface area contributed by atoms with Crippen LogP contribution >= 0.6 is 15.9 Å². The first-order chi connectivity index (χ1) is 8.29. The SMILES string of the molecule is CCNCc1ccc(OCCC2CC2)c(Br)c1. The van der Waals surface area contributed by atoms with E-state index in [4.69, 9.17) is 4.74 Å².